The van der Waals surface area contributed by atoms with Gasteiger partial charge in [-0.15, -0.1) is 0 Å². The lowest BCUT2D eigenvalue weighted by molar-refractivity contribution is 0.339. The molecule has 2 N–H and O–H groups in total. The van der Waals surface area contributed by atoms with Crippen LogP contribution in [0.5, 0.6) is 5.75 Å². The van der Waals surface area contributed by atoms with Crippen molar-refractivity contribution in [2.24, 2.45) is 0 Å². The topological polar surface area (TPSA) is 35.2 Å². The number of halogens is 1. The van der Waals surface area contributed by atoms with E-state index >= 15 is 0 Å². The van der Waals surface area contributed by atoms with E-state index in [0.29, 0.717) is 12.3 Å². The summed E-state index contributed by atoms with van der Waals surface area (Å²) in [7, 11) is 0. The van der Waals surface area contributed by atoms with E-state index < -0.39 is 0 Å². The lowest BCUT2D eigenvalue weighted by atomic mass is 10.1. The number of rotatable bonds is 2. The number of ether oxygens (including phenoxy) is 1. The van der Waals surface area contributed by atoms with Crippen molar-refractivity contribution in [1.29, 1.82) is 0 Å². The van der Waals surface area contributed by atoms with Crippen molar-refractivity contribution in [2.45, 2.75) is 20.8 Å². The van der Waals surface area contributed by atoms with Crippen LogP contribution in [0.25, 0.3) is 0 Å². The number of nitrogen functional groups attached to an aromatic ring is 1. The van der Waals surface area contributed by atoms with Crippen molar-refractivity contribution in [3.05, 3.63) is 21.7 Å². The van der Waals surface area contributed by atoms with Crippen LogP contribution in [-0.4, -0.2) is 6.61 Å². The van der Waals surface area contributed by atoms with Crippen molar-refractivity contribution >= 4 is 21.6 Å². The molecule has 0 aromatic heterocycles. The van der Waals surface area contributed by atoms with Crippen molar-refractivity contribution in [3.63, 3.8) is 0 Å². The van der Waals surface area contributed by atoms with Gasteiger partial charge in [0, 0.05) is 4.47 Å². The van der Waals surface area contributed by atoms with Gasteiger partial charge in [-0.25, -0.2) is 0 Å². The number of nitrogens with two attached hydrogens (primary N) is 1. The predicted molar refractivity (Wildman–Crippen MR) is 59.2 cm³/mol. The fourth-order valence-corrected chi connectivity index (χ4v) is 1.61. The zero-order valence-corrected chi connectivity index (χ0v) is 9.73. The minimum Gasteiger partial charge on any atom is -0.491 e. The maximum atomic E-state index is 5.90. The highest BCUT2D eigenvalue weighted by Gasteiger charge is 2.10. The summed E-state index contributed by atoms with van der Waals surface area (Å²) in [5.41, 5.74) is 8.81. The molecule has 0 aliphatic carbocycles. The second-order valence-corrected chi connectivity index (χ2v) is 3.79. The van der Waals surface area contributed by atoms with Gasteiger partial charge in [0.25, 0.3) is 0 Å². The lowest BCUT2D eigenvalue weighted by Gasteiger charge is -2.13. The highest BCUT2D eigenvalue weighted by atomic mass is 79.9. The van der Waals surface area contributed by atoms with Gasteiger partial charge in [-0.1, -0.05) is 6.07 Å². The van der Waals surface area contributed by atoms with Crippen LogP contribution >= 0.6 is 15.9 Å². The molecule has 0 aliphatic rings. The number of hydrogen-bond donors (Lipinski definition) is 1. The molecule has 0 spiro atoms. The summed E-state index contributed by atoms with van der Waals surface area (Å²) in [6.07, 6.45) is 0. The summed E-state index contributed by atoms with van der Waals surface area (Å²) < 4.78 is 6.38. The van der Waals surface area contributed by atoms with Gasteiger partial charge in [0.1, 0.15) is 5.75 Å². The molecule has 0 saturated carbocycles. The van der Waals surface area contributed by atoms with Gasteiger partial charge in [-0.2, -0.15) is 0 Å². The summed E-state index contributed by atoms with van der Waals surface area (Å²) in [4.78, 5) is 0. The number of hydrogen-bond acceptors (Lipinski definition) is 2. The standard InChI is InChI=1S/C10H14BrNO/c1-4-13-10-7(3)5-6(2)8(11)9(10)12/h5H,4,12H2,1-3H3. The number of benzene rings is 1. The van der Waals surface area contributed by atoms with E-state index in [0.717, 1.165) is 21.3 Å². The molecule has 0 amide bonds. The van der Waals surface area contributed by atoms with Gasteiger partial charge in [-0.3, -0.25) is 0 Å². The Morgan fingerprint density at radius 1 is 1.38 bits per heavy atom. The van der Waals surface area contributed by atoms with Crippen LogP contribution in [0.3, 0.4) is 0 Å². The Bertz CT molecular complexity index is 323. The van der Waals surface area contributed by atoms with Gasteiger partial charge in [0.15, 0.2) is 0 Å². The highest BCUT2D eigenvalue weighted by Crippen LogP contribution is 2.35. The first kappa shape index (κ1) is 10.4. The van der Waals surface area contributed by atoms with Crippen LogP contribution in [0.15, 0.2) is 10.5 Å². The fraction of sp³-hybridized carbons (Fsp3) is 0.400. The first-order chi connectivity index (χ1) is 6.07. The Morgan fingerprint density at radius 2 is 2.00 bits per heavy atom. The van der Waals surface area contributed by atoms with Crippen LogP contribution in [0.1, 0.15) is 18.1 Å². The van der Waals surface area contributed by atoms with Crippen molar-refractivity contribution in [3.8, 4) is 5.75 Å². The normalized spacial score (nSPS) is 10.2. The molecule has 0 unspecified atom stereocenters. The molecule has 0 saturated heterocycles. The van der Waals surface area contributed by atoms with E-state index in [1.165, 1.54) is 0 Å². The quantitative estimate of drug-likeness (QED) is 0.811. The van der Waals surface area contributed by atoms with E-state index in [2.05, 4.69) is 22.0 Å². The molecule has 2 nitrogen and oxygen atoms in total. The fourth-order valence-electron chi connectivity index (χ4n) is 1.31. The minimum atomic E-state index is 0.639. The molecular weight excluding hydrogens is 230 g/mol. The molecule has 1 aromatic rings. The number of anilines is 1. The van der Waals surface area contributed by atoms with Crippen molar-refractivity contribution in [1.82, 2.24) is 0 Å². The average Bonchev–Trinajstić information content (AvgIpc) is 2.09. The van der Waals surface area contributed by atoms with E-state index in [1.54, 1.807) is 0 Å². The predicted octanol–water partition coefficient (Wildman–Crippen LogP) is 3.05. The molecule has 0 heterocycles. The molecule has 0 fully saturated rings. The van der Waals surface area contributed by atoms with E-state index in [-0.39, 0.29) is 0 Å². The summed E-state index contributed by atoms with van der Waals surface area (Å²) in [6.45, 7) is 6.61. The van der Waals surface area contributed by atoms with Crippen molar-refractivity contribution < 1.29 is 4.74 Å². The molecule has 0 bridgehead atoms. The first-order valence-corrected chi connectivity index (χ1v) is 5.05. The summed E-state index contributed by atoms with van der Waals surface area (Å²) >= 11 is 3.43. The third-order valence-electron chi connectivity index (χ3n) is 1.91. The monoisotopic (exact) mass is 243 g/mol. The third kappa shape index (κ3) is 1.97. The molecular formula is C10H14BrNO. The van der Waals surface area contributed by atoms with Gasteiger partial charge < -0.3 is 10.5 Å². The van der Waals surface area contributed by atoms with Gasteiger partial charge in [0.2, 0.25) is 0 Å². The maximum Gasteiger partial charge on any atom is 0.146 e. The van der Waals surface area contributed by atoms with E-state index in [9.17, 15) is 0 Å². The Balaban J connectivity index is 3.26. The molecule has 0 atom stereocenters. The van der Waals surface area contributed by atoms with Crippen LogP contribution in [0.2, 0.25) is 0 Å². The van der Waals surface area contributed by atoms with Crippen LogP contribution in [0.4, 0.5) is 5.69 Å². The molecule has 72 valence electrons. The Labute approximate surface area is 87.2 Å². The van der Waals surface area contributed by atoms with Gasteiger partial charge in [-0.05, 0) is 47.8 Å². The molecule has 0 aliphatic heterocycles. The van der Waals surface area contributed by atoms with Crippen molar-refractivity contribution in [2.75, 3.05) is 12.3 Å². The average molecular weight is 244 g/mol. The zero-order valence-electron chi connectivity index (χ0n) is 8.15. The minimum absolute atomic E-state index is 0.639. The first-order valence-electron chi connectivity index (χ1n) is 4.25. The Morgan fingerprint density at radius 3 is 2.54 bits per heavy atom. The van der Waals surface area contributed by atoms with Gasteiger partial charge >= 0.3 is 0 Å². The summed E-state index contributed by atoms with van der Waals surface area (Å²) in [6, 6.07) is 2.06. The Hall–Kier alpha value is -0.700. The summed E-state index contributed by atoms with van der Waals surface area (Å²) in [5, 5.41) is 0. The zero-order chi connectivity index (χ0) is 10.0. The smallest absolute Gasteiger partial charge is 0.146 e. The Kier molecular flexibility index (Phi) is 3.20. The molecule has 0 radical (unpaired) electrons. The second-order valence-electron chi connectivity index (χ2n) is 3.00. The molecule has 3 heteroatoms. The van der Waals surface area contributed by atoms with Crippen LogP contribution < -0.4 is 10.5 Å². The van der Waals surface area contributed by atoms with Crippen LogP contribution in [-0.2, 0) is 0 Å². The maximum absolute atomic E-state index is 5.90. The molecule has 1 rings (SSSR count). The SMILES string of the molecule is CCOc1c(C)cc(C)c(Br)c1N. The summed E-state index contributed by atoms with van der Waals surface area (Å²) in [5.74, 6) is 0.792. The lowest BCUT2D eigenvalue weighted by Crippen LogP contribution is -2.01. The van der Waals surface area contributed by atoms with E-state index in [1.807, 2.05) is 20.8 Å². The highest BCUT2D eigenvalue weighted by molar-refractivity contribution is 9.10. The molecule has 1 aromatic carbocycles. The molecule has 13 heavy (non-hydrogen) atoms. The van der Waals surface area contributed by atoms with Crippen LogP contribution in [0, 0.1) is 13.8 Å². The van der Waals surface area contributed by atoms with E-state index in [4.69, 9.17) is 10.5 Å². The number of aryl methyl sites for hydroxylation is 2. The van der Waals surface area contributed by atoms with Gasteiger partial charge in [0.05, 0.1) is 12.3 Å². The second kappa shape index (κ2) is 4.01. The largest absolute Gasteiger partial charge is 0.491 e. The third-order valence-corrected chi connectivity index (χ3v) is 2.96.